The van der Waals surface area contributed by atoms with Crippen LogP contribution < -0.4 is 11.1 Å². The van der Waals surface area contributed by atoms with E-state index in [9.17, 15) is 9.90 Å². The van der Waals surface area contributed by atoms with E-state index in [2.05, 4.69) is 5.32 Å². The molecule has 0 saturated heterocycles. The Balaban J connectivity index is 2.29. The van der Waals surface area contributed by atoms with Crippen LogP contribution in [0.3, 0.4) is 0 Å². The van der Waals surface area contributed by atoms with Crippen molar-refractivity contribution < 1.29 is 14.6 Å². The molecule has 16 heavy (non-hydrogen) atoms. The Morgan fingerprint density at radius 1 is 1.75 bits per heavy atom. The average molecular weight is 244 g/mol. The summed E-state index contributed by atoms with van der Waals surface area (Å²) in [4.78, 5) is 11.8. The van der Waals surface area contributed by atoms with Crippen molar-refractivity contribution >= 4 is 17.2 Å². The molecule has 1 aromatic heterocycles. The molecule has 4 N–H and O–H groups in total. The summed E-state index contributed by atoms with van der Waals surface area (Å²) >= 11 is 1.47. The van der Waals surface area contributed by atoms with E-state index in [4.69, 9.17) is 10.5 Å². The summed E-state index contributed by atoms with van der Waals surface area (Å²) in [7, 11) is 1.54. The molecule has 6 heteroatoms. The van der Waals surface area contributed by atoms with Gasteiger partial charge in [0.05, 0.1) is 18.3 Å². The largest absolute Gasteiger partial charge is 0.389 e. The monoisotopic (exact) mass is 244 g/mol. The number of aliphatic hydroxyl groups excluding tert-OH is 1. The van der Waals surface area contributed by atoms with Gasteiger partial charge in [-0.05, 0) is 6.07 Å². The van der Waals surface area contributed by atoms with Crippen LogP contribution in [-0.2, 0) is 11.3 Å². The van der Waals surface area contributed by atoms with E-state index < -0.39 is 12.0 Å². The highest BCUT2D eigenvalue weighted by molar-refractivity contribution is 7.10. The number of primary amides is 1. The summed E-state index contributed by atoms with van der Waals surface area (Å²) in [6.45, 7) is 1.38. The maximum atomic E-state index is 10.8. The molecule has 1 unspecified atom stereocenters. The molecule has 0 aromatic carbocycles. The number of amides is 1. The maximum absolute atomic E-state index is 10.8. The molecule has 1 heterocycles. The quantitative estimate of drug-likeness (QED) is 0.627. The molecule has 1 amide bonds. The first-order valence-corrected chi connectivity index (χ1v) is 5.76. The summed E-state index contributed by atoms with van der Waals surface area (Å²) in [5.41, 5.74) is 5.66. The van der Waals surface area contributed by atoms with Gasteiger partial charge in [-0.2, -0.15) is 0 Å². The standard InChI is InChI=1S/C10H16N2O3S/c1-15-5-8(13)3-12-4-9-2-7(6-16-9)10(11)14/h2,6,8,12-13H,3-5H2,1H3,(H2,11,14). The summed E-state index contributed by atoms with van der Waals surface area (Å²) < 4.78 is 4.79. The van der Waals surface area contributed by atoms with E-state index in [1.54, 1.807) is 18.6 Å². The number of methoxy groups -OCH3 is 1. The van der Waals surface area contributed by atoms with E-state index in [0.717, 1.165) is 4.88 Å². The number of thiophene rings is 1. The van der Waals surface area contributed by atoms with Crippen LogP contribution >= 0.6 is 11.3 Å². The first-order chi connectivity index (χ1) is 7.63. The van der Waals surface area contributed by atoms with Crippen LogP contribution in [0.5, 0.6) is 0 Å². The minimum atomic E-state index is -0.513. The fraction of sp³-hybridized carbons (Fsp3) is 0.500. The Morgan fingerprint density at radius 2 is 2.50 bits per heavy atom. The van der Waals surface area contributed by atoms with Gasteiger partial charge in [0.25, 0.3) is 0 Å². The number of hydrogen-bond donors (Lipinski definition) is 3. The lowest BCUT2D eigenvalue weighted by Crippen LogP contribution is -2.29. The van der Waals surface area contributed by atoms with Crippen molar-refractivity contribution in [3.05, 3.63) is 21.9 Å². The van der Waals surface area contributed by atoms with E-state index in [1.807, 2.05) is 0 Å². The number of nitrogens with one attached hydrogen (secondary N) is 1. The second kappa shape index (κ2) is 6.59. The predicted molar refractivity (Wildman–Crippen MR) is 62.4 cm³/mol. The van der Waals surface area contributed by atoms with Crippen LogP contribution in [-0.4, -0.2) is 37.4 Å². The minimum absolute atomic E-state index is 0.310. The molecule has 1 rings (SSSR count). The third-order valence-corrected chi connectivity index (χ3v) is 2.91. The first kappa shape index (κ1) is 13.1. The number of nitrogens with two attached hydrogens (primary N) is 1. The number of carbonyl (C=O) groups is 1. The molecular formula is C10H16N2O3S. The lowest BCUT2D eigenvalue weighted by molar-refractivity contribution is 0.0644. The number of ether oxygens (including phenoxy) is 1. The van der Waals surface area contributed by atoms with Crippen molar-refractivity contribution in [2.24, 2.45) is 5.73 Å². The number of aliphatic hydroxyl groups is 1. The molecule has 0 saturated carbocycles. The highest BCUT2D eigenvalue weighted by Crippen LogP contribution is 2.13. The minimum Gasteiger partial charge on any atom is -0.389 e. The van der Waals surface area contributed by atoms with Crippen LogP contribution in [0.15, 0.2) is 11.4 Å². The lowest BCUT2D eigenvalue weighted by atomic mass is 10.3. The van der Waals surface area contributed by atoms with Gasteiger partial charge in [-0.25, -0.2) is 0 Å². The summed E-state index contributed by atoms with van der Waals surface area (Å²) in [6, 6.07) is 1.75. The predicted octanol–water partition coefficient (Wildman–Crippen LogP) is -0.0561. The van der Waals surface area contributed by atoms with Gasteiger partial charge in [-0.3, -0.25) is 4.79 Å². The Labute approximate surface area is 98.2 Å². The van der Waals surface area contributed by atoms with Gasteiger partial charge in [0, 0.05) is 30.5 Å². The number of hydrogen-bond acceptors (Lipinski definition) is 5. The third-order valence-electron chi connectivity index (χ3n) is 1.98. The van der Waals surface area contributed by atoms with Crippen molar-refractivity contribution in [1.82, 2.24) is 5.32 Å². The topological polar surface area (TPSA) is 84.6 Å². The van der Waals surface area contributed by atoms with Crippen LogP contribution in [0.1, 0.15) is 15.2 Å². The molecular weight excluding hydrogens is 228 g/mol. The van der Waals surface area contributed by atoms with Crippen molar-refractivity contribution in [1.29, 1.82) is 0 Å². The van der Waals surface area contributed by atoms with Gasteiger partial charge < -0.3 is 20.9 Å². The van der Waals surface area contributed by atoms with E-state index >= 15 is 0 Å². The fourth-order valence-corrected chi connectivity index (χ4v) is 2.06. The molecule has 0 aliphatic heterocycles. The molecule has 0 fully saturated rings. The van der Waals surface area contributed by atoms with Crippen LogP contribution in [0, 0.1) is 0 Å². The maximum Gasteiger partial charge on any atom is 0.249 e. The average Bonchev–Trinajstić information content (AvgIpc) is 2.67. The second-order valence-electron chi connectivity index (χ2n) is 3.41. The van der Waals surface area contributed by atoms with E-state index in [-0.39, 0.29) is 0 Å². The summed E-state index contributed by atoms with van der Waals surface area (Å²) in [6.07, 6.45) is -0.513. The molecule has 1 aromatic rings. The SMILES string of the molecule is COCC(O)CNCc1cc(C(N)=O)cs1. The van der Waals surface area contributed by atoms with E-state index in [0.29, 0.717) is 25.3 Å². The zero-order valence-corrected chi connectivity index (χ0v) is 9.92. The summed E-state index contributed by atoms with van der Waals surface area (Å²) in [5, 5.41) is 14.2. The van der Waals surface area contributed by atoms with Gasteiger partial charge in [0.1, 0.15) is 0 Å². The summed E-state index contributed by atoms with van der Waals surface area (Å²) in [5.74, 6) is -0.415. The van der Waals surface area contributed by atoms with Crippen molar-refractivity contribution in [3.8, 4) is 0 Å². The third kappa shape index (κ3) is 4.28. The van der Waals surface area contributed by atoms with Gasteiger partial charge in [-0.15, -0.1) is 11.3 Å². The number of carbonyl (C=O) groups excluding carboxylic acids is 1. The van der Waals surface area contributed by atoms with Gasteiger partial charge in [0.2, 0.25) is 5.91 Å². The fourth-order valence-electron chi connectivity index (χ4n) is 1.22. The Bertz CT molecular complexity index is 341. The molecule has 90 valence electrons. The molecule has 0 aliphatic rings. The van der Waals surface area contributed by atoms with Crippen molar-refractivity contribution in [2.75, 3.05) is 20.3 Å². The molecule has 0 spiro atoms. The molecule has 1 atom stereocenters. The smallest absolute Gasteiger partial charge is 0.249 e. The zero-order chi connectivity index (χ0) is 12.0. The highest BCUT2D eigenvalue weighted by Gasteiger charge is 2.06. The van der Waals surface area contributed by atoms with E-state index in [1.165, 1.54) is 11.3 Å². The highest BCUT2D eigenvalue weighted by atomic mass is 32.1. The Hall–Kier alpha value is -0.950. The first-order valence-electron chi connectivity index (χ1n) is 4.88. The molecule has 0 bridgehead atoms. The number of rotatable bonds is 7. The van der Waals surface area contributed by atoms with Crippen LogP contribution in [0.2, 0.25) is 0 Å². The van der Waals surface area contributed by atoms with Crippen molar-refractivity contribution in [3.63, 3.8) is 0 Å². The zero-order valence-electron chi connectivity index (χ0n) is 9.10. The molecule has 0 radical (unpaired) electrons. The normalized spacial score (nSPS) is 12.6. The van der Waals surface area contributed by atoms with Gasteiger partial charge >= 0.3 is 0 Å². The van der Waals surface area contributed by atoms with Gasteiger partial charge in [-0.1, -0.05) is 0 Å². The second-order valence-corrected chi connectivity index (χ2v) is 4.40. The van der Waals surface area contributed by atoms with Crippen molar-refractivity contribution in [2.45, 2.75) is 12.6 Å². The van der Waals surface area contributed by atoms with Crippen LogP contribution in [0.25, 0.3) is 0 Å². The van der Waals surface area contributed by atoms with Gasteiger partial charge in [0.15, 0.2) is 0 Å². The Kier molecular flexibility index (Phi) is 5.41. The van der Waals surface area contributed by atoms with Crippen LogP contribution in [0.4, 0.5) is 0 Å². The molecule has 0 aliphatic carbocycles. The molecule has 5 nitrogen and oxygen atoms in total. The Morgan fingerprint density at radius 3 is 3.06 bits per heavy atom. The lowest BCUT2D eigenvalue weighted by Gasteiger charge is -2.09.